The monoisotopic (exact) mass is 264 g/mol. The summed E-state index contributed by atoms with van der Waals surface area (Å²) in [6, 6.07) is 11.0. The minimum absolute atomic E-state index is 0.0609. The van der Waals surface area contributed by atoms with Crippen LogP contribution in [0.15, 0.2) is 36.4 Å². The molecule has 2 aliphatic rings. The van der Waals surface area contributed by atoms with Crippen LogP contribution in [0, 0.1) is 11.2 Å². The molecular formula is C17H21BN2. The Morgan fingerprint density at radius 2 is 1.85 bits per heavy atom. The van der Waals surface area contributed by atoms with Crippen molar-refractivity contribution in [2.75, 3.05) is 6.54 Å². The summed E-state index contributed by atoms with van der Waals surface area (Å²) in [5, 5.41) is 9.69. The minimum Gasteiger partial charge on any atom is -0.322 e. The predicted octanol–water partition coefficient (Wildman–Crippen LogP) is 3.70. The lowest BCUT2D eigenvalue weighted by Gasteiger charge is -2.39. The molecular weight excluding hydrogens is 243 g/mol. The van der Waals surface area contributed by atoms with E-state index < -0.39 is 0 Å². The summed E-state index contributed by atoms with van der Waals surface area (Å²) < 4.78 is 0. The fourth-order valence-corrected chi connectivity index (χ4v) is 3.64. The van der Waals surface area contributed by atoms with Crippen molar-refractivity contribution in [1.29, 1.82) is 5.26 Å². The van der Waals surface area contributed by atoms with Gasteiger partial charge in [0, 0.05) is 12.0 Å². The lowest BCUT2D eigenvalue weighted by atomic mass is 9.50. The van der Waals surface area contributed by atoms with E-state index in [1.807, 2.05) is 6.07 Å². The smallest absolute Gasteiger partial charge is 0.322 e. The molecule has 0 saturated heterocycles. The Kier molecular flexibility index (Phi) is 4.23. The van der Waals surface area contributed by atoms with E-state index in [2.05, 4.69) is 41.1 Å². The number of benzene rings is 1. The Balaban J connectivity index is 1.85. The van der Waals surface area contributed by atoms with E-state index in [1.165, 1.54) is 43.1 Å². The van der Waals surface area contributed by atoms with Gasteiger partial charge >= 0.3 is 6.85 Å². The van der Waals surface area contributed by atoms with Crippen molar-refractivity contribution >= 4 is 12.3 Å². The van der Waals surface area contributed by atoms with Crippen molar-refractivity contribution in [3.05, 3.63) is 42.0 Å². The SMILES string of the molecule is N#CB1C(c2ccccc2)=CCCN1C1CCCCC1. The summed E-state index contributed by atoms with van der Waals surface area (Å²) in [6.07, 6.45) is 9.87. The Labute approximate surface area is 122 Å². The van der Waals surface area contributed by atoms with Crippen molar-refractivity contribution in [3.8, 4) is 5.97 Å². The normalized spacial score (nSPS) is 21.4. The second-order valence-corrected chi connectivity index (χ2v) is 5.88. The highest BCUT2D eigenvalue weighted by Crippen LogP contribution is 2.30. The summed E-state index contributed by atoms with van der Waals surface area (Å²) in [5.41, 5.74) is 2.42. The van der Waals surface area contributed by atoms with Gasteiger partial charge in [-0.1, -0.05) is 55.7 Å². The second kappa shape index (κ2) is 6.28. The van der Waals surface area contributed by atoms with Crippen LogP contribution in [0.3, 0.4) is 0 Å². The maximum absolute atomic E-state index is 9.69. The van der Waals surface area contributed by atoms with Crippen molar-refractivity contribution in [3.63, 3.8) is 0 Å². The highest BCUT2D eigenvalue weighted by molar-refractivity contribution is 6.83. The standard InChI is InChI=1S/C17H21BN2/c19-14-18-17(15-8-3-1-4-9-15)12-7-13-20(18)16-10-5-2-6-11-16/h1,3-4,8-9,12,16H,2,5-7,10-11,13H2. The van der Waals surface area contributed by atoms with Crippen molar-refractivity contribution in [2.24, 2.45) is 0 Å². The van der Waals surface area contributed by atoms with Crippen molar-refractivity contribution < 1.29 is 0 Å². The third-order valence-electron chi connectivity index (χ3n) is 4.65. The van der Waals surface area contributed by atoms with Gasteiger partial charge < -0.3 is 4.81 Å². The fraction of sp³-hybridized carbons (Fsp3) is 0.471. The summed E-state index contributed by atoms with van der Waals surface area (Å²) in [5.74, 6) is 2.56. The molecule has 1 heterocycles. The molecule has 1 fully saturated rings. The maximum atomic E-state index is 9.69. The molecule has 0 N–H and O–H groups in total. The van der Waals surface area contributed by atoms with Gasteiger partial charge in [0.25, 0.3) is 0 Å². The predicted molar refractivity (Wildman–Crippen MR) is 84.0 cm³/mol. The first-order chi connectivity index (χ1) is 9.90. The molecule has 1 aliphatic heterocycles. The maximum Gasteiger partial charge on any atom is 0.382 e. The van der Waals surface area contributed by atoms with Crippen LogP contribution < -0.4 is 0 Å². The lowest BCUT2D eigenvalue weighted by Crippen LogP contribution is -2.49. The van der Waals surface area contributed by atoms with E-state index in [0.717, 1.165) is 13.0 Å². The summed E-state index contributed by atoms with van der Waals surface area (Å²) >= 11 is 0. The molecule has 2 nitrogen and oxygen atoms in total. The Bertz CT molecular complexity index is 512. The fourth-order valence-electron chi connectivity index (χ4n) is 3.64. The zero-order valence-corrected chi connectivity index (χ0v) is 12.0. The third kappa shape index (κ3) is 2.67. The van der Waals surface area contributed by atoms with E-state index in [1.54, 1.807) is 0 Å². The summed E-state index contributed by atoms with van der Waals surface area (Å²) in [7, 11) is 0. The van der Waals surface area contributed by atoms with Crippen LogP contribution in [0.1, 0.15) is 44.1 Å². The number of hydrogen-bond donors (Lipinski definition) is 0. The van der Waals surface area contributed by atoms with Gasteiger partial charge in [-0.3, -0.25) is 0 Å². The van der Waals surface area contributed by atoms with Gasteiger partial charge in [0.1, 0.15) is 0 Å². The van der Waals surface area contributed by atoms with Crippen molar-refractivity contribution in [2.45, 2.75) is 44.6 Å². The van der Waals surface area contributed by atoms with Crippen LogP contribution in [-0.2, 0) is 0 Å². The van der Waals surface area contributed by atoms with E-state index in [-0.39, 0.29) is 6.85 Å². The number of hydrogen-bond acceptors (Lipinski definition) is 2. The Hall–Kier alpha value is -1.53. The first-order valence-corrected chi connectivity index (χ1v) is 7.81. The van der Waals surface area contributed by atoms with E-state index in [0.29, 0.717) is 6.04 Å². The van der Waals surface area contributed by atoms with Gasteiger partial charge in [0.05, 0.1) is 0 Å². The van der Waals surface area contributed by atoms with Gasteiger partial charge in [0.2, 0.25) is 0 Å². The highest BCUT2D eigenvalue weighted by atomic mass is 15.1. The lowest BCUT2D eigenvalue weighted by molar-refractivity contribution is 0.257. The minimum atomic E-state index is -0.0609. The quantitative estimate of drug-likeness (QED) is 0.761. The zero-order chi connectivity index (χ0) is 13.8. The molecule has 20 heavy (non-hydrogen) atoms. The molecule has 1 aliphatic carbocycles. The highest BCUT2D eigenvalue weighted by Gasteiger charge is 2.36. The molecule has 0 bridgehead atoms. The van der Waals surface area contributed by atoms with E-state index in [9.17, 15) is 5.26 Å². The topological polar surface area (TPSA) is 27.0 Å². The number of nitrogens with zero attached hydrogens (tertiary/aromatic N) is 2. The molecule has 0 unspecified atom stereocenters. The molecule has 3 rings (SSSR count). The second-order valence-electron chi connectivity index (χ2n) is 5.88. The van der Waals surface area contributed by atoms with E-state index in [4.69, 9.17) is 0 Å². The summed E-state index contributed by atoms with van der Waals surface area (Å²) in [6.45, 7) is 0.980. The van der Waals surface area contributed by atoms with Gasteiger partial charge in [-0.2, -0.15) is 0 Å². The Morgan fingerprint density at radius 1 is 1.10 bits per heavy atom. The number of nitriles is 1. The molecule has 1 aromatic rings. The molecule has 3 heteroatoms. The van der Waals surface area contributed by atoms with Crippen molar-refractivity contribution in [1.82, 2.24) is 4.81 Å². The first-order valence-electron chi connectivity index (χ1n) is 7.81. The molecule has 1 saturated carbocycles. The van der Waals surface area contributed by atoms with Gasteiger partial charge in [-0.05, 0) is 36.8 Å². The Morgan fingerprint density at radius 3 is 2.55 bits per heavy atom. The van der Waals surface area contributed by atoms with Crippen LogP contribution >= 0.6 is 0 Å². The zero-order valence-electron chi connectivity index (χ0n) is 12.0. The molecule has 0 radical (unpaired) electrons. The van der Waals surface area contributed by atoms with E-state index >= 15 is 0 Å². The van der Waals surface area contributed by atoms with Crippen LogP contribution in [-0.4, -0.2) is 24.2 Å². The van der Waals surface area contributed by atoms with Crippen LogP contribution in [0.5, 0.6) is 0 Å². The molecule has 0 aromatic heterocycles. The van der Waals surface area contributed by atoms with Crippen LogP contribution in [0.2, 0.25) is 0 Å². The van der Waals surface area contributed by atoms with Gasteiger partial charge in [-0.25, -0.2) is 5.26 Å². The molecule has 102 valence electrons. The molecule has 0 amide bonds. The first kappa shape index (κ1) is 13.5. The molecule has 1 aromatic carbocycles. The number of rotatable bonds is 2. The average Bonchev–Trinajstić information content (AvgIpc) is 2.55. The van der Waals surface area contributed by atoms with Gasteiger partial charge in [-0.15, -0.1) is 0 Å². The molecule has 0 atom stereocenters. The van der Waals surface area contributed by atoms with Crippen LogP contribution in [0.4, 0.5) is 0 Å². The average molecular weight is 264 g/mol. The largest absolute Gasteiger partial charge is 0.382 e. The third-order valence-corrected chi connectivity index (χ3v) is 4.65. The van der Waals surface area contributed by atoms with Gasteiger partial charge in [0.15, 0.2) is 0 Å². The van der Waals surface area contributed by atoms with Crippen LogP contribution in [0.25, 0.3) is 5.47 Å². The molecule has 0 spiro atoms. The summed E-state index contributed by atoms with van der Waals surface area (Å²) in [4.78, 5) is 2.46.